The smallest absolute Gasteiger partial charge is 0.320 e. The van der Waals surface area contributed by atoms with Crippen molar-refractivity contribution in [1.82, 2.24) is 10.2 Å². The van der Waals surface area contributed by atoms with Crippen molar-refractivity contribution in [3.05, 3.63) is 0 Å². The molecule has 98 valence electrons. The molecule has 0 bridgehead atoms. The van der Waals surface area contributed by atoms with Gasteiger partial charge in [0.25, 0.3) is 0 Å². The van der Waals surface area contributed by atoms with Gasteiger partial charge in [-0.1, -0.05) is 6.92 Å². The molecule has 2 fully saturated rings. The van der Waals surface area contributed by atoms with E-state index in [9.17, 15) is 9.90 Å². The van der Waals surface area contributed by atoms with E-state index in [0.29, 0.717) is 11.8 Å². The Labute approximate surface area is 103 Å². The molecule has 2 aliphatic rings. The second kappa shape index (κ2) is 5.36. The number of carboxylic acids is 1. The maximum absolute atomic E-state index is 11.1. The van der Waals surface area contributed by atoms with Crippen LogP contribution in [0.25, 0.3) is 0 Å². The zero-order valence-corrected chi connectivity index (χ0v) is 10.7. The molecule has 4 heteroatoms. The van der Waals surface area contributed by atoms with Gasteiger partial charge in [-0.2, -0.15) is 0 Å². The monoisotopic (exact) mass is 240 g/mol. The zero-order chi connectivity index (χ0) is 12.3. The Balaban J connectivity index is 1.90. The Bertz CT molecular complexity index is 265. The fourth-order valence-corrected chi connectivity index (χ4v) is 3.36. The molecule has 0 saturated carbocycles. The normalized spacial score (nSPS) is 26.9. The van der Waals surface area contributed by atoms with Crippen LogP contribution in [0.4, 0.5) is 0 Å². The molecular formula is C13H24N2O2. The van der Waals surface area contributed by atoms with Gasteiger partial charge in [0, 0.05) is 0 Å². The standard InChI is InChI=1S/C13H24N2O2/c1-2-11(12(16)17)15-9-5-13(6-10-15)3-7-14-8-4-13/h11,14H,2-10H2,1H3,(H,16,17). The summed E-state index contributed by atoms with van der Waals surface area (Å²) < 4.78 is 0. The molecule has 1 unspecified atom stereocenters. The number of carboxylic acid groups (broad SMARTS) is 1. The molecule has 0 amide bonds. The van der Waals surface area contributed by atoms with Gasteiger partial charge in [-0.15, -0.1) is 0 Å². The van der Waals surface area contributed by atoms with Gasteiger partial charge in [0.2, 0.25) is 0 Å². The molecule has 2 aliphatic heterocycles. The molecular weight excluding hydrogens is 216 g/mol. The third-order valence-electron chi connectivity index (χ3n) is 4.64. The van der Waals surface area contributed by atoms with Crippen LogP contribution in [-0.2, 0) is 4.79 Å². The van der Waals surface area contributed by atoms with Crippen LogP contribution in [0.2, 0.25) is 0 Å². The minimum absolute atomic E-state index is 0.269. The van der Waals surface area contributed by atoms with Crippen molar-refractivity contribution in [2.75, 3.05) is 26.2 Å². The number of aliphatic carboxylic acids is 1. The van der Waals surface area contributed by atoms with Gasteiger partial charge < -0.3 is 10.4 Å². The summed E-state index contributed by atoms with van der Waals surface area (Å²) >= 11 is 0. The fraction of sp³-hybridized carbons (Fsp3) is 0.923. The summed E-state index contributed by atoms with van der Waals surface area (Å²) in [5.41, 5.74) is 0.512. The SMILES string of the molecule is CCC(C(=O)O)N1CCC2(CCNCC2)CC1. The summed E-state index contributed by atoms with van der Waals surface area (Å²) in [6.45, 7) is 6.16. The summed E-state index contributed by atoms with van der Waals surface area (Å²) in [4.78, 5) is 13.3. The second-order valence-electron chi connectivity index (χ2n) is 5.55. The van der Waals surface area contributed by atoms with Crippen LogP contribution >= 0.6 is 0 Å². The molecule has 17 heavy (non-hydrogen) atoms. The lowest BCUT2D eigenvalue weighted by Crippen LogP contribution is -2.50. The van der Waals surface area contributed by atoms with Crippen molar-refractivity contribution in [1.29, 1.82) is 0 Å². The number of nitrogens with zero attached hydrogens (tertiary/aromatic N) is 1. The summed E-state index contributed by atoms with van der Waals surface area (Å²) in [5.74, 6) is -0.659. The molecule has 0 radical (unpaired) electrons. The summed E-state index contributed by atoms with van der Waals surface area (Å²) in [6, 6.07) is -0.269. The highest BCUT2D eigenvalue weighted by atomic mass is 16.4. The van der Waals surface area contributed by atoms with Gasteiger partial charge in [0.15, 0.2) is 0 Å². The zero-order valence-electron chi connectivity index (χ0n) is 10.7. The van der Waals surface area contributed by atoms with Crippen molar-refractivity contribution < 1.29 is 9.90 Å². The van der Waals surface area contributed by atoms with Gasteiger partial charge in [0.1, 0.15) is 6.04 Å². The van der Waals surface area contributed by atoms with Crippen molar-refractivity contribution >= 4 is 5.97 Å². The second-order valence-corrected chi connectivity index (χ2v) is 5.55. The number of likely N-dealkylation sites (tertiary alicyclic amines) is 1. The van der Waals surface area contributed by atoms with E-state index in [-0.39, 0.29) is 6.04 Å². The van der Waals surface area contributed by atoms with Crippen LogP contribution < -0.4 is 5.32 Å². The van der Waals surface area contributed by atoms with Crippen LogP contribution in [0.1, 0.15) is 39.0 Å². The van der Waals surface area contributed by atoms with Gasteiger partial charge in [-0.05, 0) is 63.7 Å². The number of rotatable bonds is 3. The largest absolute Gasteiger partial charge is 0.480 e. The van der Waals surface area contributed by atoms with Crippen LogP contribution in [0.15, 0.2) is 0 Å². The summed E-state index contributed by atoms with van der Waals surface area (Å²) in [6.07, 6.45) is 5.61. The first-order valence-corrected chi connectivity index (χ1v) is 6.84. The van der Waals surface area contributed by atoms with Crippen molar-refractivity contribution in [3.63, 3.8) is 0 Å². The van der Waals surface area contributed by atoms with E-state index in [1.54, 1.807) is 0 Å². The van der Waals surface area contributed by atoms with Crippen molar-refractivity contribution in [2.24, 2.45) is 5.41 Å². The van der Waals surface area contributed by atoms with Crippen molar-refractivity contribution in [2.45, 2.75) is 45.1 Å². The highest BCUT2D eigenvalue weighted by molar-refractivity contribution is 5.73. The molecule has 2 rings (SSSR count). The average Bonchev–Trinajstić information content (AvgIpc) is 2.33. The first kappa shape index (κ1) is 12.8. The molecule has 2 N–H and O–H groups in total. The Morgan fingerprint density at radius 3 is 2.35 bits per heavy atom. The third kappa shape index (κ3) is 2.80. The number of carbonyl (C=O) groups is 1. The number of hydrogen-bond donors (Lipinski definition) is 2. The molecule has 0 aliphatic carbocycles. The van der Waals surface area contributed by atoms with Crippen LogP contribution in [0.5, 0.6) is 0 Å². The Morgan fingerprint density at radius 2 is 1.88 bits per heavy atom. The third-order valence-corrected chi connectivity index (χ3v) is 4.64. The summed E-state index contributed by atoms with van der Waals surface area (Å²) in [5, 5.41) is 12.6. The van der Waals surface area contributed by atoms with E-state index in [1.807, 2.05) is 6.92 Å². The highest BCUT2D eigenvalue weighted by Crippen LogP contribution is 2.39. The van der Waals surface area contributed by atoms with Crippen molar-refractivity contribution in [3.8, 4) is 0 Å². The lowest BCUT2D eigenvalue weighted by Gasteiger charge is -2.45. The minimum atomic E-state index is -0.659. The van der Waals surface area contributed by atoms with Crippen LogP contribution in [0, 0.1) is 5.41 Å². The number of piperidine rings is 2. The number of hydrogen-bond acceptors (Lipinski definition) is 3. The molecule has 4 nitrogen and oxygen atoms in total. The Hall–Kier alpha value is -0.610. The first-order valence-electron chi connectivity index (χ1n) is 6.84. The quantitative estimate of drug-likeness (QED) is 0.781. The average molecular weight is 240 g/mol. The van der Waals surface area contributed by atoms with E-state index < -0.39 is 5.97 Å². The van der Waals surface area contributed by atoms with Gasteiger partial charge in [-0.25, -0.2) is 0 Å². The van der Waals surface area contributed by atoms with E-state index in [4.69, 9.17) is 0 Å². The minimum Gasteiger partial charge on any atom is -0.480 e. The van der Waals surface area contributed by atoms with Crippen LogP contribution in [-0.4, -0.2) is 48.2 Å². The molecule has 1 spiro atoms. The molecule has 1 atom stereocenters. The van der Waals surface area contributed by atoms with Gasteiger partial charge in [-0.3, -0.25) is 9.69 Å². The number of nitrogens with one attached hydrogen (secondary N) is 1. The fourth-order valence-electron chi connectivity index (χ4n) is 3.36. The Kier molecular flexibility index (Phi) is 4.05. The Morgan fingerprint density at radius 1 is 1.29 bits per heavy atom. The molecule has 2 heterocycles. The molecule has 2 saturated heterocycles. The lowest BCUT2D eigenvalue weighted by molar-refractivity contribution is -0.144. The maximum atomic E-state index is 11.1. The predicted molar refractivity (Wildman–Crippen MR) is 67.1 cm³/mol. The predicted octanol–water partition coefficient (Wildman–Crippen LogP) is 1.32. The van der Waals surface area contributed by atoms with Crippen LogP contribution in [0.3, 0.4) is 0 Å². The van der Waals surface area contributed by atoms with Gasteiger partial charge in [0.05, 0.1) is 0 Å². The van der Waals surface area contributed by atoms with E-state index >= 15 is 0 Å². The van der Waals surface area contributed by atoms with E-state index in [1.165, 1.54) is 25.7 Å². The molecule has 0 aromatic rings. The highest BCUT2D eigenvalue weighted by Gasteiger charge is 2.38. The van der Waals surface area contributed by atoms with E-state index in [2.05, 4.69) is 10.2 Å². The summed E-state index contributed by atoms with van der Waals surface area (Å²) in [7, 11) is 0. The molecule has 0 aromatic heterocycles. The van der Waals surface area contributed by atoms with Gasteiger partial charge >= 0.3 is 5.97 Å². The van der Waals surface area contributed by atoms with E-state index in [0.717, 1.165) is 26.2 Å². The first-order chi connectivity index (χ1) is 8.17. The maximum Gasteiger partial charge on any atom is 0.320 e. The topological polar surface area (TPSA) is 52.6 Å². The lowest BCUT2D eigenvalue weighted by atomic mass is 9.71. The molecule has 0 aromatic carbocycles.